The van der Waals surface area contributed by atoms with E-state index in [9.17, 15) is 0 Å². The van der Waals surface area contributed by atoms with Gasteiger partial charge in [0.1, 0.15) is 16.9 Å². The molecule has 2 aromatic heterocycles. The van der Waals surface area contributed by atoms with E-state index < -0.39 is 5.82 Å². The molecule has 1 saturated carbocycles. The number of ether oxygens (including phenoxy) is 2. The molecule has 0 spiro atoms. The van der Waals surface area contributed by atoms with Gasteiger partial charge >= 0.3 is 6.01 Å². The highest BCUT2D eigenvalue weighted by Gasteiger charge is 2.45. The monoisotopic (exact) mass is 593 g/mol. The number of hydrogen-bond acceptors (Lipinski definition) is 10. The molecular formula is C30H33ClFN7O3. The Morgan fingerprint density at radius 2 is 1.88 bits per heavy atom. The molecule has 2 unspecified atom stereocenters. The van der Waals surface area contributed by atoms with Crippen molar-refractivity contribution in [1.82, 2.24) is 25.2 Å². The van der Waals surface area contributed by atoms with E-state index in [1.54, 1.807) is 24.3 Å². The van der Waals surface area contributed by atoms with Crippen LogP contribution in [0.25, 0.3) is 33.1 Å². The van der Waals surface area contributed by atoms with Crippen LogP contribution in [0.1, 0.15) is 25.7 Å². The summed E-state index contributed by atoms with van der Waals surface area (Å²) in [7, 11) is 0. The van der Waals surface area contributed by atoms with E-state index in [4.69, 9.17) is 36.2 Å². The lowest BCUT2D eigenvalue weighted by atomic mass is 10.0. The second kappa shape index (κ2) is 10.2. The normalized spacial score (nSPS) is 23.6. The molecule has 5 heterocycles. The molecule has 0 amide bonds. The zero-order valence-electron chi connectivity index (χ0n) is 23.2. The van der Waals surface area contributed by atoms with Crippen molar-refractivity contribution < 1.29 is 18.3 Å². The van der Waals surface area contributed by atoms with Gasteiger partial charge in [-0.15, -0.1) is 0 Å². The molecule has 220 valence electrons. The number of nitrogen functional groups attached to an aromatic ring is 1. The minimum atomic E-state index is -0.548. The highest BCUT2D eigenvalue weighted by Crippen LogP contribution is 2.47. The van der Waals surface area contributed by atoms with Crippen LogP contribution >= 0.6 is 11.6 Å². The molecule has 10 nitrogen and oxygen atoms in total. The Bertz CT molecular complexity index is 1660. The Balaban J connectivity index is 1.20. The van der Waals surface area contributed by atoms with E-state index >= 15 is 4.39 Å². The predicted molar refractivity (Wildman–Crippen MR) is 159 cm³/mol. The third-order valence-electron chi connectivity index (χ3n) is 9.19. The number of halogens is 2. The Morgan fingerprint density at radius 3 is 2.64 bits per heavy atom. The number of nitrogens with two attached hydrogens (primary N) is 1. The Kier molecular flexibility index (Phi) is 6.40. The standard InChI is InChI=1S/C30H33ClFN7O3/c31-21-12-20-26(24(32)23(21)19-2-1-3-22-25(19)35-28(33)42-22)36-29(37-27(20)39-13-17-4-5-18(14-39)34-17)41-16-30(6-7-30)15-38-8-10-40-11-9-38/h1-3,12,17-18,34H,4-11,13-16H2,(H2,33,35). The van der Waals surface area contributed by atoms with Crippen molar-refractivity contribution in [2.24, 2.45) is 5.41 Å². The number of oxazole rings is 1. The van der Waals surface area contributed by atoms with Gasteiger partial charge in [0.25, 0.3) is 6.01 Å². The van der Waals surface area contributed by atoms with E-state index in [0.29, 0.717) is 46.6 Å². The number of piperazine rings is 1. The zero-order chi connectivity index (χ0) is 28.4. The van der Waals surface area contributed by atoms with Crippen LogP contribution in [-0.2, 0) is 4.74 Å². The van der Waals surface area contributed by atoms with E-state index in [1.807, 2.05) is 0 Å². The number of morpholine rings is 1. The van der Waals surface area contributed by atoms with E-state index in [0.717, 1.165) is 71.6 Å². The summed E-state index contributed by atoms with van der Waals surface area (Å²) in [5.74, 6) is 0.107. The number of nitrogens with zero attached hydrogens (tertiary/aromatic N) is 5. The van der Waals surface area contributed by atoms with Gasteiger partial charge in [0.15, 0.2) is 11.4 Å². The fraction of sp³-hybridized carbons (Fsp3) is 0.500. The van der Waals surface area contributed by atoms with Gasteiger partial charge in [-0.05, 0) is 37.8 Å². The van der Waals surface area contributed by atoms with Crippen LogP contribution in [0.15, 0.2) is 28.7 Å². The first-order chi connectivity index (χ1) is 20.4. The van der Waals surface area contributed by atoms with Crippen LogP contribution in [0.4, 0.5) is 16.2 Å². The molecule has 3 saturated heterocycles. The van der Waals surface area contributed by atoms with Crippen LogP contribution in [0.3, 0.4) is 0 Å². The minimum absolute atomic E-state index is 0.00879. The van der Waals surface area contributed by atoms with Crippen LogP contribution in [0.2, 0.25) is 5.02 Å². The average molecular weight is 594 g/mol. The number of anilines is 2. The highest BCUT2D eigenvalue weighted by molar-refractivity contribution is 6.34. The summed E-state index contributed by atoms with van der Waals surface area (Å²) in [4.78, 5) is 18.5. The van der Waals surface area contributed by atoms with Crippen molar-refractivity contribution in [3.8, 4) is 17.1 Å². The molecule has 4 fully saturated rings. The van der Waals surface area contributed by atoms with Gasteiger partial charge in [0.05, 0.1) is 24.8 Å². The number of aromatic nitrogens is 3. The lowest BCUT2D eigenvalue weighted by Crippen LogP contribution is -2.51. The van der Waals surface area contributed by atoms with Crippen LogP contribution in [0, 0.1) is 11.2 Å². The summed E-state index contributed by atoms with van der Waals surface area (Å²) < 4.78 is 34.0. The number of para-hydroxylation sites is 1. The first kappa shape index (κ1) is 26.4. The second-order valence-corrected chi connectivity index (χ2v) is 12.6. The molecule has 42 heavy (non-hydrogen) atoms. The van der Waals surface area contributed by atoms with Crippen molar-refractivity contribution in [2.75, 3.05) is 63.2 Å². The number of rotatable bonds is 7. The Labute approximate surface area is 247 Å². The Hall–Kier alpha value is -3.25. The molecule has 3 N–H and O–H groups in total. The summed E-state index contributed by atoms with van der Waals surface area (Å²) in [5.41, 5.74) is 7.65. The van der Waals surface area contributed by atoms with Gasteiger partial charge in [-0.3, -0.25) is 4.90 Å². The molecule has 4 aromatic rings. The molecule has 2 atom stereocenters. The van der Waals surface area contributed by atoms with E-state index in [1.165, 1.54) is 0 Å². The van der Waals surface area contributed by atoms with Gasteiger partial charge in [0, 0.05) is 66.7 Å². The average Bonchev–Trinajstić information content (AvgIpc) is 3.51. The molecule has 2 aromatic carbocycles. The smallest absolute Gasteiger partial charge is 0.319 e. The summed E-state index contributed by atoms with van der Waals surface area (Å²) in [6.45, 7) is 6.39. The van der Waals surface area contributed by atoms with Crippen molar-refractivity contribution in [1.29, 1.82) is 0 Å². The SMILES string of the molecule is Nc1nc2c(-c3c(Cl)cc4c(N5CC6CCC(C5)N6)nc(OCC5(CN6CCOCC6)CC5)nc4c3F)cccc2o1. The largest absolute Gasteiger partial charge is 0.463 e. The number of nitrogens with one attached hydrogen (secondary N) is 1. The summed E-state index contributed by atoms with van der Waals surface area (Å²) in [6.07, 6.45) is 4.40. The van der Waals surface area contributed by atoms with Crippen molar-refractivity contribution in [3.05, 3.63) is 35.1 Å². The van der Waals surface area contributed by atoms with Crippen LogP contribution < -0.4 is 20.7 Å². The summed E-state index contributed by atoms with van der Waals surface area (Å²) >= 11 is 6.83. The van der Waals surface area contributed by atoms with Gasteiger partial charge in [-0.1, -0.05) is 23.7 Å². The molecule has 3 aliphatic heterocycles. The maximum absolute atomic E-state index is 16.7. The van der Waals surface area contributed by atoms with Gasteiger partial charge in [-0.2, -0.15) is 15.0 Å². The Morgan fingerprint density at radius 1 is 1.10 bits per heavy atom. The fourth-order valence-electron chi connectivity index (χ4n) is 6.83. The molecule has 2 bridgehead atoms. The molecule has 1 aliphatic carbocycles. The van der Waals surface area contributed by atoms with Crippen LogP contribution in [-0.4, -0.2) is 84.5 Å². The first-order valence-corrected chi connectivity index (χ1v) is 15.1. The third kappa shape index (κ3) is 4.72. The first-order valence-electron chi connectivity index (χ1n) is 14.7. The minimum Gasteiger partial charge on any atom is -0.463 e. The molecule has 0 radical (unpaired) electrons. The van der Waals surface area contributed by atoms with Gasteiger partial charge in [-0.25, -0.2) is 4.39 Å². The fourth-order valence-corrected chi connectivity index (χ4v) is 7.12. The zero-order valence-corrected chi connectivity index (χ0v) is 24.0. The molecule has 4 aliphatic rings. The maximum atomic E-state index is 16.7. The second-order valence-electron chi connectivity index (χ2n) is 12.2. The maximum Gasteiger partial charge on any atom is 0.319 e. The summed E-state index contributed by atoms with van der Waals surface area (Å²) in [5, 5.41) is 4.47. The van der Waals surface area contributed by atoms with E-state index in [2.05, 4.69) is 25.1 Å². The van der Waals surface area contributed by atoms with Crippen molar-refractivity contribution >= 4 is 45.4 Å². The molecule has 8 rings (SSSR count). The van der Waals surface area contributed by atoms with Gasteiger partial charge in [0.2, 0.25) is 0 Å². The lowest BCUT2D eigenvalue weighted by molar-refractivity contribution is 0.0231. The third-order valence-corrected chi connectivity index (χ3v) is 9.49. The quantitative estimate of drug-likeness (QED) is 0.322. The number of benzene rings is 2. The molecular weight excluding hydrogens is 561 g/mol. The number of hydrogen-bond donors (Lipinski definition) is 2. The summed E-state index contributed by atoms with van der Waals surface area (Å²) in [6, 6.07) is 7.97. The van der Waals surface area contributed by atoms with Crippen LogP contribution in [0.5, 0.6) is 6.01 Å². The van der Waals surface area contributed by atoms with Gasteiger partial charge < -0.3 is 29.8 Å². The number of fused-ring (bicyclic) bond motifs is 4. The lowest BCUT2D eigenvalue weighted by Gasteiger charge is -2.34. The predicted octanol–water partition coefficient (Wildman–Crippen LogP) is 4.24. The van der Waals surface area contributed by atoms with Crippen molar-refractivity contribution in [3.63, 3.8) is 0 Å². The topological polar surface area (TPSA) is 115 Å². The highest BCUT2D eigenvalue weighted by atomic mass is 35.5. The molecule has 12 heteroatoms. The van der Waals surface area contributed by atoms with Crippen molar-refractivity contribution in [2.45, 2.75) is 37.8 Å². The van der Waals surface area contributed by atoms with E-state index in [-0.39, 0.29) is 33.5 Å².